The first-order valence-corrected chi connectivity index (χ1v) is 8.14. The van der Waals surface area contributed by atoms with Gasteiger partial charge in [-0.1, -0.05) is 0 Å². The van der Waals surface area contributed by atoms with Crippen LogP contribution in [-0.4, -0.2) is 41.8 Å². The first-order chi connectivity index (χ1) is 11.6. The van der Waals surface area contributed by atoms with Crippen LogP contribution in [0.25, 0.3) is 10.9 Å². The molecule has 1 aromatic heterocycles. The lowest BCUT2D eigenvalue weighted by atomic mass is 10.1. The quantitative estimate of drug-likeness (QED) is 0.893. The van der Waals surface area contributed by atoms with Gasteiger partial charge in [-0.25, -0.2) is 9.18 Å². The highest BCUT2D eigenvalue weighted by Gasteiger charge is 2.33. The van der Waals surface area contributed by atoms with Gasteiger partial charge < -0.3 is 19.9 Å². The van der Waals surface area contributed by atoms with E-state index in [9.17, 15) is 19.1 Å². The predicted octanol–water partition coefficient (Wildman–Crippen LogP) is 1.58. The zero-order valence-corrected chi connectivity index (χ0v) is 13.1. The molecule has 0 unspecified atom stereocenters. The summed E-state index contributed by atoms with van der Waals surface area (Å²) >= 11 is 0. The number of anilines is 1. The maximum Gasteiger partial charge on any atom is 0.343 e. The third-order valence-corrected chi connectivity index (χ3v) is 4.68. The molecule has 2 aromatic rings. The van der Waals surface area contributed by atoms with Crippen molar-refractivity contribution in [3.63, 3.8) is 0 Å². The SMILES string of the molecule is O=C(O)c1c(N2CCNCC2)n(C2CC2)c2ccc(F)cc2c1=O. The van der Waals surface area contributed by atoms with Crippen LogP contribution >= 0.6 is 0 Å². The predicted molar refractivity (Wildman–Crippen MR) is 88.5 cm³/mol. The summed E-state index contributed by atoms with van der Waals surface area (Å²) in [5, 5.41) is 13.1. The van der Waals surface area contributed by atoms with Crippen molar-refractivity contribution in [2.45, 2.75) is 18.9 Å². The number of piperazine rings is 1. The molecule has 1 saturated carbocycles. The molecule has 0 atom stereocenters. The van der Waals surface area contributed by atoms with Gasteiger partial charge in [0.05, 0.1) is 5.52 Å². The van der Waals surface area contributed by atoms with Crippen LogP contribution < -0.4 is 15.6 Å². The van der Waals surface area contributed by atoms with Crippen LogP contribution in [0.1, 0.15) is 29.2 Å². The first kappa shape index (κ1) is 15.1. The molecule has 7 heteroatoms. The van der Waals surface area contributed by atoms with E-state index in [2.05, 4.69) is 5.32 Å². The highest BCUT2D eigenvalue weighted by atomic mass is 19.1. The third kappa shape index (κ3) is 2.36. The largest absolute Gasteiger partial charge is 0.477 e. The van der Waals surface area contributed by atoms with Crippen LogP contribution in [0.3, 0.4) is 0 Å². The Morgan fingerprint density at radius 3 is 2.58 bits per heavy atom. The lowest BCUT2D eigenvalue weighted by molar-refractivity contribution is 0.0695. The van der Waals surface area contributed by atoms with E-state index in [-0.39, 0.29) is 17.0 Å². The van der Waals surface area contributed by atoms with Crippen LogP contribution in [0.15, 0.2) is 23.0 Å². The Kier molecular flexibility index (Phi) is 3.53. The second-order valence-corrected chi connectivity index (χ2v) is 6.33. The number of carbonyl (C=O) groups is 1. The molecule has 0 amide bonds. The van der Waals surface area contributed by atoms with Gasteiger partial charge in [0.2, 0.25) is 5.43 Å². The van der Waals surface area contributed by atoms with Crippen molar-refractivity contribution in [3.05, 3.63) is 39.8 Å². The molecule has 1 saturated heterocycles. The minimum Gasteiger partial charge on any atom is -0.477 e. The van der Waals surface area contributed by atoms with E-state index in [0.717, 1.165) is 32.0 Å². The third-order valence-electron chi connectivity index (χ3n) is 4.68. The molecule has 0 bridgehead atoms. The van der Waals surface area contributed by atoms with Gasteiger partial charge in [0.25, 0.3) is 0 Å². The van der Waals surface area contributed by atoms with Crippen LogP contribution in [0.5, 0.6) is 0 Å². The molecule has 2 fully saturated rings. The second kappa shape index (κ2) is 5.59. The minimum atomic E-state index is -1.26. The topological polar surface area (TPSA) is 74.6 Å². The van der Waals surface area contributed by atoms with Crippen molar-refractivity contribution in [2.75, 3.05) is 31.1 Å². The molecule has 1 aliphatic carbocycles. The smallest absolute Gasteiger partial charge is 0.343 e. The Balaban J connectivity index is 2.09. The van der Waals surface area contributed by atoms with Crippen LogP contribution in [0.4, 0.5) is 10.2 Å². The molecule has 126 valence electrons. The highest BCUT2D eigenvalue weighted by Crippen LogP contribution is 2.41. The van der Waals surface area contributed by atoms with E-state index >= 15 is 0 Å². The summed E-state index contributed by atoms with van der Waals surface area (Å²) in [5.74, 6) is -1.32. The van der Waals surface area contributed by atoms with E-state index in [4.69, 9.17) is 0 Å². The maximum absolute atomic E-state index is 13.6. The standard InChI is InChI=1S/C17H18FN3O3/c18-10-1-4-13-12(9-10)15(22)14(17(23)24)16(21(13)11-2-3-11)20-7-5-19-6-8-20/h1,4,9,11,19H,2-3,5-8H2,(H,23,24). The number of hydrogen-bond acceptors (Lipinski definition) is 4. The Bertz CT molecular complexity index is 883. The summed E-state index contributed by atoms with van der Waals surface area (Å²) in [6.07, 6.45) is 1.88. The summed E-state index contributed by atoms with van der Waals surface area (Å²) in [7, 11) is 0. The van der Waals surface area contributed by atoms with Gasteiger partial charge in [-0.2, -0.15) is 0 Å². The van der Waals surface area contributed by atoms with Crippen molar-refractivity contribution in [1.29, 1.82) is 0 Å². The lowest BCUT2D eigenvalue weighted by Gasteiger charge is -2.33. The van der Waals surface area contributed by atoms with Crippen LogP contribution in [-0.2, 0) is 0 Å². The fourth-order valence-electron chi connectivity index (χ4n) is 3.45. The number of rotatable bonds is 3. The number of fused-ring (bicyclic) bond motifs is 1. The molecule has 0 radical (unpaired) electrons. The molecule has 24 heavy (non-hydrogen) atoms. The number of hydrogen-bond donors (Lipinski definition) is 2. The Morgan fingerprint density at radius 1 is 1.25 bits per heavy atom. The Morgan fingerprint density at radius 2 is 1.96 bits per heavy atom. The normalized spacial score (nSPS) is 18.1. The van der Waals surface area contributed by atoms with Crippen LogP contribution in [0.2, 0.25) is 0 Å². The summed E-state index contributed by atoms with van der Waals surface area (Å²) in [4.78, 5) is 26.6. The summed E-state index contributed by atoms with van der Waals surface area (Å²) in [5.41, 5.74) is -0.244. The lowest BCUT2D eigenvalue weighted by Crippen LogP contribution is -2.46. The van der Waals surface area contributed by atoms with E-state index in [1.807, 2.05) is 9.47 Å². The maximum atomic E-state index is 13.6. The van der Waals surface area contributed by atoms with Crippen molar-refractivity contribution in [1.82, 2.24) is 9.88 Å². The molecule has 1 aliphatic heterocycles. The number of halogens is 1. The van der Waals surface area contributed by atoms with Crippen molar-refractivity contribution < 1.29 is 14.3 Å². The number of nitrogens with one attached hydrogen (secondary N) is 1. The highest BCUT2D eigenvalue weighted by molar-refractivity contribution is 5.98. The number of carboxylic acids is 1. The Labute approximate surface area is 137 Å². The van der Waals surface area contributed by atoms with Gasteiger partial charge in [-0.05, 0) is 31.0 Å². The average molecular weight is 331 g/mol. The van der Waals surface area contributed by atoms with Gasteiger partial charge in [-0.3, -0.25) is 4.79 Å². The van der Waals surface area contributed by atoms with E-state index in [1.54, 1.807) is 6.07 Å². The number of aromatic nitrogens is 1. The van der Waals surface area contributed by atoms with E-state index < -0.39 is 17.2 Å². The monoisotopic (exact) mass is 331 g/mol. The number of benzene rings is 1. The number of nitrogens with zero attached hydrogens (tertiary/aromatic N) is 2. The van der Waals surface area contributed by atoms with E-state index in [0.29, 0.717) is 24.4 Å². The first-order valence-electron chi connectivity index (χ1n) is 8.14. The van der Waals surface area contributed by atoms with Crippen molar-refractivity contribution in [2.24, 2.45) is 0 Å². The summed E-state index contributed by atoms with van der Waals surface area (Å²) < 4.78 is 15.6. The summed E-state index contributed by atoms with van der Waals surface area (Å²) in [6.45, 7) is 2.75. The average Bonchev–Trinajstić information content (AvgIpc) is 3.40. The van der Waals surface area contributed by atoms with Gasteiger partial charge in [0.15, 0.2) is 0 Å². The van der Waals surface area contributed by atoms with Crippen molar-refractivity contribution >= 4 is 22.7 Å². The Hall–Kier alpha value is -2.41. The van der Waals surface area contributed by atoms with Gasteiger partial charge in [0, 0.05) is 37.6 Å². The van der Waals surface area contributed by atoms with Gasteiger partial charge in [0.1, 0.15) is 17.2 Å². The molecule has 2 heterocycles. The molecule has 1 aromatic carbocycles. The van der Waals surface area contributed by atoms with Gasteiger partial charge >= 0.3 is 5.97 Å². The minimum absolute atomic E-state index is 0.137. The molecule has 4 rings (SSSR count). The fourth-order valence-corrected chi connectivity index (χ4v) is 3.45. The molecule has 0 spiro atoms. The van der Waals surface area contributed by atoms with Crippen LogP contribution in [0, 0.1) is 5.82 Å². The van der Waals surface area contributed by atoms with Gasteiger partial charge in [-0.15, -0.1) is 0 Å². The molecular weight excluding hydrogens is 313 g/mol. The van der Waals surface area contributed by atoms with Crippen molar-refractivity contribution in [3.8, 4) is 0 Å². The fraction of sp³-hybridized carbons (Fsp3) is 0.412. The number of pyridine rings is 1. The molecule has 6 nitrogen and oxygen atoms in total. The number of carboxylic acid groups (broad SMARTS) is 1. The molecule has 2 N–H and O–H groups in total. The zero-order valence-electron chi connectivity index (χ0n) is 13.1. The second-order valence-electron chi connectivity index (χ2n) is 6.33. The number of aromatic carboxylic acids is 1. The summed E-state index contributed by atoms with van der Waals surface area (Å²) in [6, 6.07) is 4.22. The zero-order chi connectivity index (χ0) is 16.8. The molecular formula is C17H18FN3O3. The van der Waals surface area contributed by atoms with E-state index in [1.165, 1.54) is 6.07 Å². The molecule has 2 aliphatic rings.